The number of halogens is 1. The van der Waals surface area contributed by atoms with Crippen LogP contribution in [0.5, 0.6) is 0 Å². The minimum absolute atomic E-state index is 0.0441. The largest absolute Gasteiger partial charge is 0.274 e. The van der Waals surface area contributed by atoms with E-state index in [1.165, 1.54) is 4.42 Å². The van der Waals surface area contributed by atoms with E-state index in [2.05, 4.69) is 6.92 Å². The number of unbranched alkanes of at least 4 members (excludes halogenated alkanes) is 2. The molecule has 0 aliphatic rings. The van der Waals surface area contributed by atoms with Gasteiger partial charge in [-0.2, -0.15) is 0 Å². The predicted octanol–water partition coefficient (Wildman–Crippen LogP) is 2.57. The van der Waals surface area contributed by atoms with Crippen molar-refractivity contribution in [1.82, 2.24) is 4.42 Å². The van der Waals surface area contributed by atoms with Crippen LogP contribution in [-0.2, 0) is 4.79 Å². The highest BCUT2D eigenvalue weighted by atomic mass is 35.5. The predicted molar refractivity (Wildman–Crippen MR) is 47.4 cm³/mol. The normalized spacial score (nSPS) is 9.73. The zero-order chi connectivity index (χ0) is 8.69. The molecule has 2 nitrogen and oxygen atoms in total. The van der Waals surface area contributed by atoms with Crippen molar-refractivity contribution in [3.05, 3.63) is 0 Å². The molecule has 0 spiro atoms. The Morgan fingerprint density at radius 2 is 2.00 bits per heavy atom. The highest BCUT2D eigenvalue weighted by Crippen LogP contribution is 2.04. The molecule has 0 N–H and O–H groups in total. The van der Waals surface area contributed by atoms with E-state index in [1.54, 1.807) is 0 Å². The van der Waals surface area contributed by atoms with Gasteiger partial charge in [0.1, 0.15) is 0 Å². The fourth-order valence-electron chi connectivity index (χ4n) is 0.824. The third kappa shape index (κ3) is 5.08. The standard InChI is InChI=1S/C8H16ClNO/c1-3-5-6-7-8(11)10(9)4-2/h3-7H2,1-2H3. The van der Waals surface area contributed by atoms with E-state index in [4.69, 9.17) is 11.8 Å². The molecule has 0 bridgehead atoms. The lowest BCUT2D eigenvalue weighted by Crippen LogP contribution is -2.20. The summed E-state index contributed by atoms with van der Waals surface area (Å²) >= 11 is 5.58. The van der Waals surface area contributed by atoms with Crippen molar-refractivity contribution in [2.24, 2.45) is 0 Å². The van der Waals surface area contributed by atoms with Gasteiger partial charge in [-0.05, 0) is 13.3 Å². The molecule has 66 valence electrons. The molecule has 0 saturated heterocycles. The first-order chi connectivity index (χ1) is 5.22. The lowest BCUT2D eigenvalue weighted by atomic mass is 10.2. The molecule has 0 radical (unpaired) electrons. The monoisotopic (exact) mass is 177 g/mol. The minimum Gasteiger partial charge on any atom is -0.274 e. The summed E-state index contributed by atoms with van der Waals surface area (Å²) in [6, 6.07) is 0. The molecular formula is C8H16ClNO. The number of nitrogens with zero attached hydrogens (tertiary/aromatic N) is 1. The van der Waals surface area contributed by atoms with E-state index in [0.29, 0.717) is 13.0 Å². The van der Waals surface area contributed by atoms with Crippen LogP contribution in [0.25, 0.3) is 0 Å². The number of amides is 1. The second-order valence-electron chi connectivity index (χ2n) is 2.53. The Balaban J connectivity index is 3.36. The summed E-state index contributed by atoms with van der Waals surface area (Å²) in [5, 5.41) is 0. The van der Waals surface area contributed by atoms with Gasteiger partial charge in [0.2, 0.25) is 5.91 Å². The van der Waals surface area contributed by atoms with Gasteiger partial charge in [-0.1, -0.05) is 19.8 Å². The zero-order valence-electron chi connectivity index (χ0n) is 7.27. The first-order valence-corrected chi connectivity index (χ1v) is 4.52. The minimum atomic E-state index is 0.0441. The molecule has 1 amide bonds. The van der Waals surface area contributed by atoms with Crippen molar-refractivity contribution in [2.75, 3.05) is 6.54 Å². The fourth-order valence-corrected chi connectivity index (χ4v) is 0.908. The molecule has 0 aromatic heterocycles. The molecule has 0 unspecified atom stereocenters. The fraction of sp³-hybridized carbons (Fsp3) is 0.875. The number of carbonyl (C=O) groups excluding carboxylic acids is 1. The van der Waals surface area contributed by atoms with Crippen molar-refractivity contribution >= 4 is 17.7 Å². The molecular weight excluding hydrogens is 162 g/mol. The van der Waals surface area contributed by atoms with Gasteiger partial charge in [0, 0.05) is 24.7 Å². The van der Waals surface area contributed by atoms with Gasteiger partial charge in [-0.3, -0.25) is 9.21 Å². The van der Waals surface area contributed by atoms with Crippen LogP contribution in [0.3, 0.4) is 0 Å². The van der Waals surface area contributed by atoms with Crippen LogP contribution in [0, 0.1) is 0 Å². The van der Waals surface area contributed by atoms with Crippen molar-refractivity contribution in [2.45, 2.75) is 39.5 Å². The van der Waals surface area contributed by atoms with Gasteiger partial charge >= 0.3 is 0 Å². The molecule has 0 aliphatic carbocycles. The zero-order valence-corrected chi connectivity index (χ0v) is 8.02. The molecule has 0 aliphatic heterocycles. The maximum absolute atomic E-state index is 11.0. The Labute approximate surface area is 73.6 Å². The summed E-state index contributed by atoms with van der Waals surface area (Å²) < 4.78 is 1.25. The highest BCUT2D eigenvalue weighted by Gasteiger charge is 2.06. The smallest absolute Gasteiger partial charge is 0.236 e. The maximum atomic E-state index is 11.0. The summed E-state index contributed by atoms with van der Waals surface area (Å²) in [5.74, 6) is 0.0441. The van der Waals surface area contributed by atoms with E-state index in [-0.39, 0.29) is 5.91 Å². The molecule has 0 heterocycles. The van der Waals surface area contributed by atoms with Crippen LogP contribution >= 0.6 is 11.8 Å². The Hall–Kier alpha value is -0.240. The molecule has 3 heteroatoms. The molecule has 0 atom stereocenters. The van der Waals surface area contributed by atoms with Crippen LogP contribution in [0.1, 0.15) is 39.5 Å². The Kier molecular flexibility index (Phi) is 6.33. The number of hydrogen-bond acceptors (Lipinski definition) is 1. The molecule has 0 aromatic rings. The van der Waals surface area contributed by atoms with Gasteiger partial charge in [0.05, 0.1) is 0 Å². The Morgan fingerprint density at radius 3 is 2.45 bits per heavy atom. The van der Waals surface area contributed by atoms with Crippen LogP contribution in [0.15, 0.2) is 0 Å². The summed E-state index contributed by atoms with van der Waals surface area (Å²) in [7, 11) is 0. The lowest BCUT2D eigenvalue weighted by molar-refractivity contribution is -0.126. The Morgan fingerprint density at radius 1 is 1.36 bits per heavy atom. The number of hydrogen-bond donors (Lipinski definition) is 0. The average molecular weight is 178 g/mol. The van der Waals surface area contributed by atoms with E-state index in [0.717, 1.165) is 19.3 Å². The lowest BCUT2D eigenvalue weighted by Gasteiger charge is -2.09. The third-order valence-electron chi connectivity index (χ3n) is 1.54. The quantitative estimate of drug-likeness (QED) is 0.467. The van der Waals surface area contributed by atoms with E-state index in [9.17, 15) is 4.79 Å². The van der Waals surface area contributed by atoms with Gasteiger partial charge in [0.15, 0.2) is 0 Å². The first-order valence-electron chi connectivity index (χ1n) is 4.18. The van der Waals surface area contributed by atoms with Crippen LogP contribution in [0.4, 0.5) is 0 Å². The Bertz CT molecular complexity index is 117. The summed E-state index contributed by atoms with van der Waals surface area (Å²) in [6.07, 6.45) is 3.80. The molecule has 0 aromatic carbocycles. The molecule has 0 rings (SSSR count). The van der Waals surface area contributed by atoms with Crippen LogP contribution < -0.4 is 0 Å². The van der Waals surface area contributed by atoms with Crippen molar-refractivity contribution in [3.63, 3.8) is 0 Å². The maximum Gasteiger partial charge on any atom is 0.236 e. The van der Waals surface area contributed by atoms with E-state index >= 15 is 0 Å². The van der Waals surface area contributed by atoms with Crippen molar-refractivity contribution in [1.29, 1.82) is 0 Å². The second kappa shape index (κ2) is 6.47. The average Bonchev–Trinajstić information content (AvgIpc) is 2.03. The second-order valence-corrected chi connectivity index (χ2v) is 2.94. The van der Waals surface area contributed by atoms with Gasteiger partial charge in [-0.15, -0.1) is 0 Å². The molecule has 0 saturated carbocycles. The first kappa shape index (κ1) is 10.8. The number of rotatable bonds is 5. The summed E-state index contributed by atoms with van der Waals surface area (Å²) in [6.45, 7) is 4.57. The van der Waals surface area contributed by atoms with E-state index in [1.807, 2.05) is 6.92 Å². The van der Waals surface area contributed by atoms with Crippen LogP contribution in [0.2, 0.25) is 0 Å². The van der Waals surface area contributed by atoms with Gasteiger partial charge < -0.3 is 0 Å². The SMILES string of the molecule is CCCCCC(=O)N(Cl)CC. The number of carbonyl (C=O) groups is 1. The summed E-state index contributed by atoms with van der Waals surface area (Å²) in [5.41, 5.74) is 0. The molecule has 11 heavy (non-hydrogen) atoms. The van der Waals surface area contributed by atoms with Crippen LogP contribution in [-0.4, -0.2) is 16.9 Å². The summed E-state index contributed by atoms with van der Waals surface area (Å²) in [4.78, 5) is 11.0. The topological polar surface area (TPSA) is 20.3 Å². The highest BCUT2D eigenvalue weighted by molar-refractivity contribution is 6.21. The van der Waals surface area contributed by atoms with E-state index < -0.39 is 0 Å². The van der Waals surface area contributed by atoms with Crippen molar-refractivity contribution < 1.29 is 4.79 Å². The third-order valence-corrected chi connectivity index (χ3v) is 1.97. The van der Waals surface area contributed by atoms with Gasteiger partial charge in [0.25, 0.3) is 0 Å². The van der Waals surface area contributed by atoms with Gasteiger partial charge in [-0.25, -0.2) is 0 Å². The molecule has 0 fully saturated rings. The van der Waals surface area contributed by atoms with Crippen molar-refractivity contribution in [3.8, 4) is 0 Å².